The number of benzene rings is 1. The molecular formula is C21H34ClN3O2. The topological polar surface area (TPSA) is 75.4 Å². The van der Waals surface area contributed by atoms with Crippen molar-refractivity contribution in [1.82, 2.24) is 10.2 Å². The second-order valence-electron chi connectivity index (χ2n) is 7.30. The van der Waals surface area contributed by atoms with E-state index >= 15 is 0 Å². The zero-order valence-corrected chi connectivity index (χ0v) is 17.4. The summed E-state index contributed by atoms with van der Waals surface area (Å²) in [4.78, 5) is 26.7. The van der Waals surface area contributed by atoms with Crippen molar-refractivity contribution < 1.29 is 9.59 Å². The molecule has 2 unspecified atom stereocenters. The van der Waals surface area contributed by atoms with Crippen molar-refractivity contribution in [1.29, 1.82) is 0 Å². The Morgan fingerprint density at radius 3 is 2.59 bits per heavy atom. The van der Waals surface area contributed by atoms with E-state index in [-0.39, 0.29) is 36.2 Å². The van der Waals surface area contributed by atoms with Gasteiger partial charge in [-0.15, -0.1) is 12.4 Å². The van der Waals surface area contributed by atoms with Crippen LogP contribution in [0.4, 0.5) is 0 Å². The molecule has 0 spiro atoms. The Morgan fingerprint density at radius 1 is 1.26 bits per heavy atom. The van der Waals surface area contributed by atoms with Gasteiger partial charge in [0, 0.05) is 38.5 Å². The van der Waals surface area contributed by atoms with Gasteiger partial charge in [-0.3, -0.25) is 9.59 Å². The molecule has 2 rings (SSSR count). The van der Waals surface area contributed by atoms with E-state index in [1.54, 1.807) is 0 Å². The van der Waals surface area contributed by atoms with Crippen molar-refractivity contribution in [3.63, 3.8) is 0 Å². The number of halogens is 1. The molecule has 6 heteroatoms. The Kier molecular flexibility index (Phi) is 10.4. The van der Waals surface area contributed by atoms with Crippen LogP contribution in [0.2, 0.25) is 0 Å². The van der Waals surface area contributed by atoms with Gasteiger partial charge in [-0.2, -0.15) is 0 Å². The number of hydrogen-bond donors (Lipinski definition) is 2. The van der Waals surface area contributed by atoms with Crippen molar-refractivity contribution in [3.05, 3.63) is 35.4 Å². The lowest BCUT2D eigenvalue weighted by atomic mass is 9.91. The molecule has 1 aromatic carbocycles. The standard InChI is InChI=1S/C21H33N3O2.ClH/c1-3-17(18-9-7-16(2)8-10-18)14-21(26)24-13-5-4-6-19(24)15-23-20(25)11-12-22;/h7-10,17,19H,3-6,11-15,22H2,1-2H3,(H,23,25);1H. The maximum absolute atomic E-state index is 13.0. The Morgan fingerprint density at radius 2 is 1.96 bits per heavy atom. The van der Waals surface area contributed by atoms with Crippen LogP contribution in [-0.4, -0.2) is 42.4 Å². The smallest absolute Gasteiger partial charge is 0.223 e. The van der Waals surface area contributed by atoms with Crippen LogP contribution in [0.3, 0.4) is 0 Å². The number of piperidine rings is 1. The second kappa shape index (κ2) is 12.0. The van der Waals surface area contributed by atoms with Crippen LogP contribution in [0.5, 0.6) is 0 Å². The monoisotopic (exact) mass is 395 g/mol. The van der Waals surface area contributed by atoms with Crippen LogP contribution in [0.15, 0.2) is 24.3 Å². The highest BCUT2D eigenvalue weighted by atomic mass is 35.5. The van der Waals surface area contributed by atoms with Crippen molar-refractivity contribution in [3.8, 4) is 0 Å². The van der Waals surface area contributed by atoms with E-state index in [0.717, 1.165) is 32.2 Å². The maximum atomic E-state index is 13.0. The lowest BCUT2D eigenvalue weighted by molar-refractivity contribution is -0.136. The fourth-order valence-electron chi connectivity index (χ4n) is 3.66. The number of aryl methyl sites for hydroxylation is 1. The van der Waals surface area contributed by atoms with Crippen molar-refractivity contribution in [2.24, 2.45) is 5.73 Å². The van der Waals surface area contributed by atoms with Crippen LogP contribution in [-0.2, 0) is 9.59 Å². The predicted molar refractivity (Wildman–Crippen MR) is 112 cm³/mol. The fraction of sp³-hybridized carbons (Fsp3) is 0.619. The molecule has 5 nitrogen and oxygen atoms in total. The third-order valence-corrected chi connectivity index (χ3v) is 5.32. The van der Waals surface area contributed by atoms with Crippen molar-refractivity contribution in [2.45, 2.75) is 64.3 Å². The molecule has 0 aliphatic carbocycles. The van der Waals surface area contributed by atoms with E-state index in [1.165, 1.54) is 11.1 Å². The number of nitrogens with two attached hydrogens (primary N) is 1. The molecule has 0 bridgehead atoms. The highest BCUT2D eigenvalue weighted by Gasteiger charge is 2.28. The van der Waals surface area contributed by atoms with E-state index in [4.69, 9.17) is 5.73 Å². The van der Waals surface area contributed by atoms with Gasteiger partial charge in [-0.1, -0.05) is 36.8 Å². The minimum absolute atomic E-state index is 0. The van der Waals surface area contributed by atoms with Crippen molar-refractivity contribution >= 4 is 24.2 Å². The molecule has 27 heavy (non-hydrogen) atoms. The van der Waals surface area contributed by atoms with Gasteiger partial charge >= 0.3 is 0 Å². The number of rotatable bonds is 8. The lowest BCUT2D eigenvalue weighted by Gasteiger charge is -2.36. The number of nitrogens with zero attached hydrogens (tertiary/aromatic N) is 1. The molecule has 3 N–H and O–H groups in total. The summed E-state index contributed by atoms with van der Waals surface area (Å²) in [7, 11) is 0. The van der Waals surface area contributed by atoms with E-state index in [2.05, 4.69) is 43.4 Å². The SMILES string of the molecule is CCC(CC(=O)N1CCCCC1CNC(=O)CCN)c1ccc(C)cc1.Cl. The van der Waals surface area contributed by atoms with Crippen LogP contribution in [0.25, 0.3) is 0 Å². The van der Waals surface area contributed by atoms with Crippen molar-refractivity contribution in [2.75, 3.05) is 19.6 Å². The first kappa shape index (κ1) is 23.4. The number of amides is 2. The molecule has 2 atom stereocenters. The van der Waals surface area contributed by atoms with E-state index in [0.29, 0.717) is 25.9 Å². The summed E-state index contributed by atoms with van der Waals surface area (Å²) in [5.74, 6) is 0.421. The Hall–Kier alpha value is -1.59. The normalized spacial score (nSPS) is 17.7. The summed E-state index contributed by atoms with van der Waals surface area (Å²) in [6, 6.07) is 8.60. The quantitative estimate of drug-likeness (QED) is 0.709. The highest BCUT2D eigenvalue weighted by Crippen LogP contribution is 2.26. The van der Waals surface area contributed by atoms with E-state index in [1.807, 2.05) is 4.90 Å². The third-order valence-electron chi connectivity index (χ3n) is 5.32. The third kappa shape index (κ3) is 7.15. The van der Waals surface area contributed by atoms with Gasteiger partial charge in [0.25, 0.3) is 0 Å². The number of hydrogen-bond acceptors (Lipinski definition) is 3. The average Bonchev–Trinajstić information content (AvgIpc) is 2.65. The summed E-state index contributed by atoms with van der Waals surface area (Å²) >= 11 is 0. The lowest BCUT2D eigenvalue weighted by Crippen LogP contribution is -2.49. The van der Waals surface area contributed by atoms with E-state index < -0.39 is 0 Å². The molecule has 1 saturated heterocycles. The molecule has 0 aromatic heterocycles. The van der Waals surface area contributed by atoms with Gasteiger partial charge in [-0.25, -0.2) is 0 Å². The van der Waals surface area contributed by atoms with Gasteiger partial charge < -0.3 is 16.0 Å². The first-order chi connectivity index (χ1) is 12.5. The average molecular weight is 396 g/mol. The van der Waals surface area contributed by atoms with Gasteiger partial charge in [0.05, 0.1) is 0 Å². The maximum Gasteiger partial charge on any atom is 0.223 e. The van der Waals surface area contributed by atoms with E-state index in [9.17, 15) is 9.59 Å². The molecule has 1 aliphatic heterocycles. The number of likely N-dealkylation sites (tertiary alicyclic amines) is 1. The molecule has 1 aliphatic rings. The molecule has 2 amide bonds. The first-order valence-electron chi connectivity index (χ1n) is 9.88. The molecule has 1 heterocycles. The molecule has 152 valence electrons. The molecular weight excluding hydrogens is 362 g/mol. The Labute approximate surface area is 169 Å². The zero-order chi connectivity index (χ0) is 18.9. The fourth-order valence-corrected chi connectivity index (χ4v) is 3.66. The minimum Gasteiger partial charge on any atom is -0.354 e. The molecule has 0 saturated carbocycles. The zero-order valence-electron chi connectivity index (χ0n) is 16.6. The predicted octanol–water partition coefficient (Wildman–Crippen LogP) is 3.15. The Bertz CT molecular complexity index is 592. The van der Waals surface area contributed by atoms with Crippen LogP contribution < -0.4 is 11.1 Å². The van der Waals surface area contributed by atoms with Gasteiger partial charge in [0.1, 0.15) is 0 Å². The van der Waals surface area contributed by atoms with Gasteiger partial charge in [0.15, 0.2) is 0 Å². The number of nitrogens with one attached hydrogen (secondary N) is 1. The summed E-state index contributed by atoms with van der Waals surface area (Å²) in [6.07, 6.45) is 4.92. The highest BCUT2D eigenvalue weighted by molar-refractivity contribution is 5.85. The minimum atomic E-state index is -0.0310. The Balaban J connectivity index is 0.00000364. The number of carbonyl (C=O) groups excluding carboxylic acids is 2. The van der Waals surface area contributed by atoms with Crippen LogP contribution >= 0.6 is 12.4 Å². The molecule has 1 fully saturated rings. The first-order valence-corrected chi connectivity index (χ1v) is 9.88. The van der Waals surface area contributed by atoms with Crippen LogP contribution in [0.1, 0.15) is 62.5 Å². The van der Waals surface area contributed by atoms with Gasteiger partial charge in [-0.05, 0) is 44.1 Å². The summed E-state index contributed by atoms with van der Waals surface area (Å²) in [6.45, 7) is 5.89. The summed E-state index contributed by atoms with van der Waals surface area (Å²) < 4.78 is 0. The van der Waals surface area contributed by atoms with Crippen LogP contribution in [0, 0.1) is 6.92 Å². The summed E-state index contributed by atoms with van der Waals surface area (Å²) in [5.41, 5.74) is 7.89. The molecule has 1 aromatic rings. The molecule has 0 radical (unpaired) electrons. The largest absolute Gasteiger partial charge is 0.354 e. The number of carbonyl (C=O) groups is 2. The summed E-state index contributed by atoms with van der Waals surface area (Å²) in [5, 5.41) is 2.93. The second-order valence-corrected chi connectivity index (χ2v) is 7.30. The van der Waals surface area contributed by atoms with Gasteiger partial charge in [0.2, 0.25) is 11.8 Å².